The van der Waals surface area contributed by atoms with Gasteiger partial charge in [0.05, 0.1) is 11.3 Å². The van der Waals surface area contributed by atoms with Crippen molar-refractivity contribution in [3.8, 4) is 0 Å². The molecule has 3 rings (SSSR count). The minimum Gasteiger partial charge on any atom is -0.511 e. The standard InChI is InChI=1S/C22H23NO2/c1-14-4-7-17(8-5-14)18-11-21(24)20(22(25)12-18)13-23-19-9-6-15(2)16(3)10-19/h4-10,13,18,24H,11-12H2,1-3H3. The molecule has 3 heteroatoms. The van der Waals surface area contributed by atoms with Crippen molar-refractivity contribution >= 4 is 17.7 Å². The second-order valence-electron chi connectivity index (χ2n) is 6.83. The maximum atomic E-state index is 12.5. The summed E-state index contributed by atoms with van der Waals surface area (Å²) in [7, 11) is 0. The summed E-state index contributed by atoms with van der Waals surface area (Å²) < 4.78 is 0. The highest BCUT2D eigenvalue weighted by atomic mass is 16.3. The number of benzene rings is 2. The number of allylic oxidation sites excluding steroid dienone is 2. The third-order valence-corrected chi connectivity index (χ3v) is 4.86. The molecule has 1 N–H and O–H groups in total. The van der Waals surface area contributed by atoms with Gasteiger partial charge in [0.15, 0.2) is 5.78 Å². The first kappa shape index (κ1) is 17.2. The average Bonchev–Trinajstić information content (AvgIpc) is 2.57. The molecule has 1 aliphatic rings. The number of hydrogen-bond acceptors (Lipinski definition) is 3. The van der Waals surface area contributed by atoms with E-state index in [0.29, 0.717) is 18.4 Å². The maximum Gasteiger partial charge on any atom is 0.168 e. The highest BCUT2D eigenvalue weighted by molar-refractivity contribution is 6.15. The lowest BCUT2D eigenvalue weighted by molar-refractivity contribution is -0.116. The molecule has 25 heavy (non-hydrogen) atoms. The smallest absolute Gasteiger partial charge is 0.168 e. The minimum atomic E-state index is -0.0538. The van der Waals surface area contributed by atoms with Crippen LogP contribution >= 0.6 is 0 Å². The van der Waals surface area contributed by atoms with E-state index in [-0.39, 0.29) is 17.5 Å². The van der Waals surface area contributed by atoms with Gasteiger partial charge in [0, 0.05) is 19.1 Å². The van der Waals surface area contributed by atoms with E-state index in [4.69, 9.17) is 0 Å². The van der Waals surface area contributed by atoms with E-state index in [1.807, 2.05) is 63.2 Å². The lowest BCUT2D eigenvalue weighted by atomic mass is 9.83. The Morgan fingerprint density at radius 3 is 2.36 bits per heavy atom. The van der Waals surface area contributed by atoms with E-state index in [2.05, 4.69) is 4.99 Å². The molecule has 3 nitrogen and oxygen atoms in total. The third kappa shape index (κ3) is 3.87. The second-order valence-corrected chi connectivity index (χ2v) is 6.83. The van der Waals surface area contributed by atoms with Crippen LogP contribution in [-0.4, -0.2) is 17.1 Å². The molecular formula is C22H23NO2. The molecule has 0 saturated carbocycles. The van der Waals surface area contributed by atoms with Crippen molar-refractivity contribution in [3.05, 3.63) is 76.1 Å². The van der Waals surface area contributed by atoms with Gasteiger partial charge in [-0.25, -0.2) is 0 Å². The average molecular weight is 333 g/mol. The van der Waals surface area contributed by atoms with Gasteiger partial charge in [-0.15, -0.1) is 0 Å². The molecule has 0 heterocycles. The summed E-state index contributed by atoms with van der Waals surface area (Å²) in [6, 6.07) is 14.1. The van der Waals surface area contributed by atoms with Gasteiger partial charge >= 0.3 is 0 Å². The van der Waals surface area contributed by atoms with Gasteiger partial charge < -0.3 is 5.11 Å². The molecule has 2 aromatic rings. The van der Waals surface area contributed by atoms with Crippen LogP contribution in [0.2, 0.25) is 0 Å². The fourth-order valence-corrected chi connectivity index (χ4v) is 3.08. The van der Waals surface area contributed by atoms with Crippen molar-refractivity contribution < 1.29 is 9.90 Å². The largest absolute Gasteiger partial charge is 0.511 e. The fourth-order valence-electron chi connectivity index (χ4n) is 3.08. The highest BCUT2D eigenvalue weighted by Gasteiger charge is 2.27. The Morgan fingerprint density at radius 2 is 1.72 bits per heavy atom. The first-order chi connectivity index (χ1) is 11.9. The van der Waals surface area contributed by atoms with Crippen molar-refractivity contribution in [2.75, 3.05) is 0 Å². The predicted octanol–water partition coefficient (Wildman–Crippen LogP) is 5.27. The molecule has 0 saturated heterocycles. The number of nitrogens with zero attached hydrogens (tertiary/aromatic N) is 1. The molecule has 1 atom stereocenters. The van der Waals surface area contributed by atoms with E-state index in [1.54, 1.807) is 0 Å². The SMILES string of the molecule is Cc1ccc(C2CC(=O)C(C=Nc3ccc(C)c(C)c3)=C(O)C2)cc1. The minimum absolute atomic E-state index is 0.0341. The lowest BCUT2D eigenvalue weighted by Crippen LogP contribution is -2.19. The van der Waals surface area contributed by atoms with Gasteiger partial charge in [-0.3, -0.25) is 9.79 Å². The Balaban J connectivity index is 1.81. The number of aliphatic hydroxyl groups is 1. The zero-order valence-corrected chi connectivity index (χ0v) is 14.9. The summed E-state index contributed by atoms with van der Waals surface area (Å²) in [5.41, 5.74) is 5.76. The van der Waals surface area contributed by atoms with Crippen LogP contribution < -0.4 is 0 Å². The molecule has 1 aliphatic carbocycles. The van der Waals surface area contributed by atoms with Crippen molar-refractivity contribution in [1.82, 2.24) is 0 Å². The van der Waals surface area contributed by atoms with Gasteiger partial charge in [-0.05, 0) is 55.5 Å². The normalized spacial score (nSPS) is 18.2. The molecule has 0 aliphatic heterocycles. The van der Waals surface area contributed by atoms with E-state index < -0.39 is 0 Å². The molecule has 0 fully saturated rings. The molecule has 0 radical (unpaired) electrons. The van der Waals surface area contributed by atoms with Crippen molar-refractivity contribution in [3.63, 3.8) is 0 Å². The highest BCUT2D eigenvalue weighted by Crippen LogP contribution is 2.33. The summed E-state index contributed by atoms with van der Waals surface area (Å²) in [5.74, 6) is 0.114. The van der Waals surface area contributed by atoms with E-state index in [0.717, 1.165) is 16.8 Å². The number of Topliss-reactive ketones (excluding diaryl/α,β-unsaturated/α-hetero) is 1. The van der Waals surface area contributed by atoms with Crippen LogP contribution in [0, 0.1) is 20.8 Å². The van der Waals surface area contributed by atoms with Gasteiger partial charge in [-0.2, -0.15) is 0 Å². The first-order valence-electron chi connectivity index (χ1n) is 8.57. The summed E-state index contributed by atoms with van der Waals surface area (Å²) in [6.45, 7) is 6.12. The summed E-state index contributed by atoms with van der Waals surface area (Å²) in [6.07, 6.45) is 2.39. The number of aliphatic imine (C=N–C) groups is 1. The number of aliphatic hydroxyl groups excluding tert-OH is 1. The Kier molecular flexibility index (Phi) is 4.84. The van der Waals surface area contributed by atoms with Crippen molar-refractivity contribution in [2.24, 2.45) is 4.99 Å². The third-order valence-electron chi connectivity index (χ3n) is 4.86. The Bertz CT molecular complexity index is 860. The number of rotatable bonds is 3. The van der Waals surface area contributed by atoms with Crippen LogP contribution in [0.15, 0.2) is 58.8 Å². The van der Waals surface area contributed by atoms with E-state index >= 15 is 0 Å². The van der Waals surface area contributed by atoms with Crippen LogP contribution in [0.4, 0.5) is 5.69 Å². The van der Waals surface area contributed by atoms with Gasteiger partial charge in [0.2, 0.25) is 0 Å². The summed E-state index contributed by atoms with van der Waals surface area (Å²) in [4.78, 5) is 16.9. The van der Waals surface area contributed by atoms with Crippen LogP contribution in [0.25, 0.3) is 0 Å². The van der Waals surface area contributed by atoms with Crippen LogP contribution in [0.1, 0.15) is 41.0 Å². The number of aryl methyl sites for hydroxylation is 3. The first-order valence-corrected chi connectivity index (χ1v) is 8.57. The molecule has 128 valence electrons. The monoisotopic (exact) mass is 333 g/mol. The van der Waals surface area contributed by atoms with Crippen LogP contribution in [0.3, 0.4) is 0 Å². The Labute approximate surface area is 148 Å². The Morgan fingerprint density at radius 1 is 1.00 bits per heavy atom. The van der Waals surface area contributed by atoms with Gasteiger partial charge in [0.1, 0.15) is 5.76 Å². The quantitative estimate of drug-likeness (QED) is 0.778. The second kappa shape index (κ2) is 7.06. The van der Waals surface area contributed by atoms with Gasteiger partial charge in [0.25, 0.3) is 0 Å². The summed E-state index contributed by atoms with van der Waals surface area (Å²) in [5, 5.41) is 10.4. The van der Waals surface area contributed by atoms with Gasteiger partial charge in [-0.1, -0.05) is 35.9 Å². The molecule has 0 aromatic heterocycles. The summed E-state index contributed by atoms with van der Waals surface area (Å²) >= 11 is 0. The number of ketones is 1. The molecule has 0 spiro atoms. The molecule has 0 bridgehead atoms. The predicted molar refractivity (Wildman–Crippen MR) is 102 cm³/mol. The van der Waals surface area contributed by atoms with E-state index in [9.17, 15) is 9.90 Å². The molecule has 2 aromatic carbocycles. The number of hydrogen-bond donors (Lipinski definition) is 1. The number of carbonyl (C=O) groups excluding carboxylic acids is 1. The molecule has 1 unspecified atom stereocenters. The molecule has 0 amide bonds. The number of carbonyl (C=O) groups is 1. The zero-order valence-electron chi connectivity index (χ0n) is 14.9. The van der Waals surface area contributed by atoms with E-state index in [1.165, 1.54) is 17.3 Å². The molecular weight excluding hydrogens is 310 g/mol. The maximum absolute atomic E-state index is 12.5. The van der Waals surface area contributed by atoms with Crippen LogP contribution in [-0.2, 0) is 4.79 Å². The van der Waals surface area contributed by atoms with Crippen molar-refractivity contribution in [1.29, 1.82) is 0 Å². The van der Waals surface area contributed by atoms with Crippen molar-refractivity contribution in [2.45, 2.75) is 39.5 Å². The topological polar surface area (TPSA) is 49.7 Å². The van der Waals surface area contributed by atoms with Crippen LogP contribution in [0.5, 0.6) is 0 Å². The fraction of sp³-hybridized carbons (Fsp3) is 0.273. The lowest BCUT2D eigenvalue weighted by Gasteiger charge is -2.22. The zero-order chi connectivity index (χ0) is 18.0. The Hall–Kier alpha value is -2.68.